The second-order valence-corrected chi connectivity index (χ2v) is 7.08. The molecule has 0 saturated carbocycles. The summed E-state index contributed by atoms with van der Waals surface area (Å²) in [5, 5.41) is 5.01. The molecule has 0 radical (unpaired) electrons. The number of hydrogen-bond acceptors (Lipinski definition) is 7. The van der Waals surface area contributed by atoms with Crippen molar-refractivity contribution in [3.8, 4) is 0 Å². The van der Waals surface area contributed by atoms with Crippen LogP contribution in [0.5, 0.6) is 0 Å². The van der Waals surface area contributed by atoms with Crippen LogP contribution >= 0.6 is 11.3 Å². The topological polar surface area (TPSA) is 111 Å². The lowest BCUT2D eigenvalue weighted by molar-refractivity contribution is -0.146. The van der Waals surface area contributed by atoms with Gasteiger partial charge in [0.15, 0.2) is 6.61 Å². The summed E-state index contributed by atoms with van der Waals surface area (Å²) in [6.45, 7) is 2.36. The monoisotopic (exact) mass is 422 g/mol. The maximum Gasteiger partial charge on any atom is 0.341 e. The molecule has 2 N–H and O–H groups in total. The zero-order valence-corrected chi connectivity index (χ0v) is 16.8. The molecule has 0 atom stereocenters. The summed E-state index contributed by atoms with van der Waals surface area (Å²) in [6, 6.07) is 5.31. The summed E-state index contributed by atoms with van der Waals surface area (Å²) in [6.07, 6.45) is 0. The second kappa shape index (κ2) is 9.78. The number of methoxy groups -OCH3 is 1. The van der Waals surface area contributed by atoms with Gasteiger partial charge in [-0.15, -0.1) is 11.3 Å². The molecule has 1 aromatic heterocycles. The Labute approximate surface area is 170 Å². The van der Waals surface area contributed by atoms with Gasteiger partial charge in [0.25, 0.3) is 11.8 Å². The number of hydrogen-bond donors (Lipinski definition) is 2. The number of nitrogens with one attached hydrogen (secondary N) is 2. The van der Waals surface area contributed by atoms with Gasteiger partial charge in [-0.3, -0.25) is 14.4 Å². The Bertz CT molecular complexity index is 956. The number of anilines is 1. The minimum absolute atomic E-state index is 0.211. The number of benzene rings is 1. The molecular weight excluding hydrogens is 403 g/mol. The zero-order valence-electron chi connectivity index (χ0n) is 16.0. The highest BCUT2D eigenvalue weighted by Gasteiger charge is 2.22. The molecule has 154 valence electrons. The average Bonchev–Trinajstić information content (AvgIpc) is 2.97. The van der Waals surface area contributed by atoms with E-state index in [1.807, 2.05) is 0 Å². The van der Waals surface area contributed by atoms with E-state index in [1.54, 1.807) is 13.8 Å². The molecule has 29 heavy (non-hydrogen) atoms. The lowest BCUT2D eigenvalue weighted by atomic mass is 10.1. The summed E-state index contributed by atoms with van der Waals surface area (Å²) in [5.74, 6) is -3.63. The summed E-state index contributed by atoms with van der Waals surface area (Å²) in [4.78, 5) is 48.3. The van der Waals surface area contributed by atoms with Crippen molar-refractivity contribution in [1.82, 2.24) is 5.32 Å². The number of ether oxygens (including phenoxy) is 2. The Hall–Kier alpha value is -3.27. The van der Waals surface area contributed by atoms with Crippen molar-refractivity contribution >= 4 is 40.1 Å². The fourth-order valence-corrected chi connectivity index (χ4v) is 3.38. The number of thiophene rings is 1. The molecule has 2 rings (SSSR count). The highest BCUT2D eigenvalue weighted by Crippen LogP contribution is 2.32. The highest BCUT2D eigenvalue weighted by atomic mass is 32.1. The van der Waals surface area contributed by atoms with Crippen LogP contribution in [-0.4, -0.2) is 44.0 Å². The summed E-state index contributed by atoms with van der Waals surface area (Å²) in [5.41, 5.74) is 0.716. The maximum absolute atomic E-state index is 13.5. The largest absolute Gasteiger partial charge is 0.465 e. The predicted octanol–water partition coefficient (Wildman–Crippen LogP) is 2.20. The summed E-state index contributed by atoms with van der Waals surface area (Å²) in [7, 11) is 1.23. The molecule has 2 aromatic rings. The van der Waals surface area contributed by atoms with Crippen LogP contribution in [0, 0.1) is 19.7 Å². The van der Waals surface area contributed by atoms with Crippen molar-refractivity contribution in [2.45, 2.75) is 13.8 Å². The lowest BCUT2D eigenvalue weighted by Crippen LogP contribution is -2.32. The van der Waals surface area contributed by atoms with Crippen molar-refractivity contribution in [3.63, 3.8) is 0 Å². The third-order valence-corrected chi connectivity index (χ3v) is 5.03. The number of aryl methyl sites for hydroxylation is 1. The second-order valence-electron chi connectivity index (χ2n) is 5.85. The van der Waals surface area contributed by atoms with Gasteiger partial charge in [-0.2, -0.15) is 0 Å². The molecule has 0 saturated heterocycles. The lowest BCUT2D eigenvalue weighted by Gasteiger charge is -2.08. The molecule has 0 unspecified atom stereocenters. The van der Waals surface area contributed by atoms with Gasteiger partial charge in [-0.05, 0) is 31.5 Å². The normalized spacial score (nSPS) is 10.2. The van der Waals surface area contributed by atoms with E-state index < -0.39 is 42.7 Å². The number of carbonyl (C=O) groups excluding carboxylic acids is 4. The van der Waals surface area contributed by atoms with E-state index in [1.165, 1.54) is 36.6 Å². The Morgan fingerprint density at radius 2 is 1.83 bits per heavy atom. The first-order valence-electron chi connectivity index (χ1n) is 8.41. The van der Waals surface area contributed by atoms with Crippen molar-refractivity contribution in [3.05, 3.63) is 51.7 Å². The molecule has 0 aliphatic rings. The smallest absolute Gasteiger partial charge is 0.341 e. The van der Waals surface area contributed by atoms with E-state index in [9.17, 15) is 23.6 Å². The summed E-state index contributed by atoms with van der Waals surface area (Å²) < 4.78 is 23.0. The zero-order chi connectivity index (χ0) is 21.6. The number of rotatable bonds is 7. The van der Waals surface area contributed by atoms with Gasteiger partial charge in [0, 0.05) is 4.88 Å². The third kappa shape index (κ3) is 5.61. The third-order valence-electron chi connectivity index (χ3n) is 3.90. The van der Waals surface area contributed by atoms with Crippen LogP contribution in [-0.2, 0) is 19.1 Å². The minimum atomic E-state index is -0.878. The van der Waals surface area contributed by atoms with Gasteiger partial charge in [0.05, 0.1) is 18.2 Å². The molecular formula is C19H19FN2O6S. The van der Waals surface area contributed by atoms with Gasteiger partial charge >= 0.3 is 11.9 Å². The quantitative estimate of drug-likeness (QED) is 0.662. The van der Waals surface area contributed by atoms with E-state index in [2.05, 4.69) is 10.6 Å². The van der Waals surface area contributed by atoms with Crippen LogP contribution < -0.4 is 10.6 Å². The Kier molecular flexibility index (Phi) is 7.43. The first kappa shape index (κ1) is 22.0. The van der Waals surface area contributed by atoms with Crippen molar-refractivity contribution in [2.24, 2.45) is 0 Å². The van der Waals surface area contributed by atoms with Crippen LogP contribution in [0.25, 0.3) is 0 Å². The SMILES string of the molecule is COC(=O)c1c(NC(=O)COC(=O)CNC(=O)c2ccccc2F)sc(C)c1C. The Morgan fingerprint density at radius 3 is 2.48 bits per heavy atom. The molecule has 0 aliphatic carbocycles. The minimum Gasteiger partial charge on any atom is -0.465 e. The molecule has 0 spiro atoms. The van der Waals surface area contributed by atoms with Crippen molar-refractivity contribution < 1.29 is 33.0 Å². The first-order valence-corrected chi connectivity index (χ1v) is 9.22. The van der Waals surface area contributed by atoms with E-state index in [-0.39, 0.29) is 11.1 Å². The maximum atomic E-state index is 13.5. The van der Waals surface area contributed by atoms with E-state index in [4.69, 9.17) is 9.47 Å². The van der Waals surface area contributed by atoms with Gasteiger partial charge in [0.2, 0.25) is 0 Å². The van der Waals surface area contributed by atoms with Crippen molar-refractivity contribution in [1.29, 1.82) is 0 Å². The van der Waals surface area contributed by atoms with Crippen molar-refractivity contribution in [2.75, 3.05) is 25.6 Å². The molecule has 2 amide bonds. The van der Waals surface area contributed by atoms with E-state index >= 15 is 0 Å². The molecule has 8 nitrogen and oxygen atoms in total. The number of amides is 2. The average molecular weight is 422 g/mol. The molecule has 0 aliphatic heterocycles. The molecule has 0 bridgehead atoms. The fourth-order valence-electron chi connectivity index (χ4n) is 2.32. The number of carbonyl (C=O) groups is 4. The van der Waals surface area contributed by atoms with Crippen LogP contribution in [0.15, 0.2) is 24.3 Å². The van der Waals surface area contributed by atoms with Gasteiger partial charge in [-0.1, -0.05) is 12.1 Å². The van der Waals surface area contributed by atoms with E-state index in [0.29, 0.717) is 10.6 Å². The molecule has 1 aromatic carbocycles. The predicted molar refractivity (Wildman–Crippen MR) is 103 cm³/mol. The van der Waals surface area contributed by atoms with E-state index in [0.717, 1.165) is 10.9 Å². The van der Waals surface area contributed by atoms with Gasteiger partial charge in [-0.25, -0.2) is 9.18 Å². The van der Waals surface area contributed by atoms with Gasteiger partial charge < -0.3 is 20.1 Å². The van der Waals surface area contributed by atoms with Gasteiger partial charge in [0.1, 0.15) is 17.4 Å². The summed E-state index contributed by atoms with van der Waals surface area (Å²) >= 11 is 1.19. The fraction of sp³-hybridized carbons (Fsp3) is 0.263. The van der Waals surface area contributed by atoms with Crippen LogP contribution in [0.2, 0.25) is 0 Å². The van der Waals surface area contributed by atoms with Crippen LogP contribution in [0.3, 0.4) is 0 Å². The number of halogens is 1. The highest BCUT2D eigenvalue weighted by molar-refractivity contribution is 7.16. The molecule has 10 heteroatoms. The number of esters is 2. The molecule has 1 heterocycles. The molecule has 0 fully saturated rings. The Balaban J connectivity index is 1.86. The van der Waals surface area contributed by atoms with Crippen LogP contribution in [0.4, 0.5) is 9.39 Å². The first-order chi connectivity index (χ1) is 13.7. The standard InChI is InChI=1S/C19H19FN2O6S/c1-10-11(2)29-18(16(10)19(26)27-3)22-14(23)9-28-15(24)8-21-17(25)12-6-4-5-7-13(12)20/h4-7H,8-9H2,1-3H3,(H,21,25)(H,22,23). The van der Waals surface area contributed by atoms with Crippen LogP contribution in [0.1, 0.15) is 31.2 Å². The Morgan fingerprint density at radius 1 is 1.14 bits per heavy atom.